The summed E-state index contributed by atoms with van der Waals surface area (Å²) < 4.78 is 34.0. The monoisotopic (exact) mass is 280 g/mol. The van der Waals surface area contributed by atoms with Crippen LogP contribution in [0.15, 0.2) is 11.8 Å². The van der Waals surface area contributed by atoms with E-state index < -0.39 is 10.2 Å². The Hall–Kier alpha value is -0.210. The summed E-state index contributed by atoms with van der Waals surface area (Å²) in [6, 6.07) is 0. The number of likely N-dealkylation sites (N-methyl/N-ethyl adjacent to an activating group) is 1. The number of hydrogen-bond acceptors (Lipinski definition) is 5. The van der Waals surface area contributed by atoms with Crippen molar-refractivity contribution in [1.82, 2.24) is 5.01 Å². The largest absolute Gasteiger partial charge is 0.231 e. The van der Waals surface area contributed by atoms with Gasteiger partial charge in [-0.25, -0.2) is 23.6 Å². The van der Waals surface area contributed by atoms with Crippen molar-refractivity contribution in [3.63, 3.8) is 0 Å². The van der Waals surface area contributed by atoms with E-state index in [-0.39, 0.29) is 0 Å². The van der Waals surface area contributed by atoms with Crippen LogP contribution in [0.3, 0.4) is 0 Å². The molecule has 0 radical (unpaired) electrons. The normalized spacial score (nSPS) is 26.6. The number of quaternary nitrogens is 1. The molecule has 6 nitrogen and oxygen atoms in total. The highest BCUT2D eigenvalue weighted by atomic mass is 35.7. The van der Waals surface area contributed by atoms with Gasteiger partial charge in [0.1, 0.15) is 6.20 Å². The Morgan fingerprint density at radius 2 is 1.67 bits per heavy atom. The fourth-order valence-electron chi connectivity index (χ4n) is 2.54. The third-order valence-corrected chi connectivity index (χ3v) is 3.55. The lowest BCUT2D eigenvalue weighted by atomic mass is 9.84. The Labute approximate surface area is 110 Å². The van der Waals surface area contributed by atoms with Crippen molar-refractivity contribution in [3.05, 3.63) is 11.8 Å². The molecule has 0 aromatic heterocycles. The molecule has 0 saturated heterocycles. The van der Waals surface area contributed by atoms with Crippen molar-refractivity contribution in [2.75, 3.05) is 20.6 Å². The molecule has 1 atom stereocenters. The maximum Gasteiger partial charge on any atom is 0.114 e. The Bertz CT molecular complexity index is 281. The first-order valence-electron chi connectivity index (χ1n) is 6.14. The van der Waals surface area contributed by atoms with E-state index in [1.165, 1.54) is 43.7 Å². The Morgan fingerprint density at radius 3 is 2.06 bits per heavy atom. The predicted molar refractivity (Wildman–Crippen MR) is 54.2 cm³/mol. The van der Waals surface area contributed by atoms with Crippen LogP contribution in [0.4, 0.5) is 0 Å². The number of rotatable bonds is 1. The van der Waals surface area contributed by atoms with Crippen molar-refractivity contribution in [3.8, 4) is 0 Å². The molecule has 1 aliphatic heterocycles. The van der Waals surface area contributed by atoms with E-state index in [1.807, 2.05) is 0 Å². The van der Waals surface area contributed by atoms with Crippen molar-refractivity contribution in [1.29, 1.82) is 0 Å². The molecule has 106 valence electrons. The number of nitrogens with one attached hydrogen (secondary N) is 1. The van der Waals surface area contributed by atoms with E-state index in [2.05, 4.69) is 25.3 Å². The Balaban J connectivity index is 0.000000280. The average Bonchev–Trinajstić information content (AvgIpc) is 2.58. The zero-order valence-corrected chi connectivity index (χ0v) is 11.6. The van der Waals surface area contributed by atoms with Crippen LogP contribution in [-0.4, -0.2) is 25.6 Å². The van der Waals surface area contributed by atoms with Gasteiger partial charge < -0.3 is 0 Å². The number of nitrogens with zero attached hydrogens (tertiary/aromatic N) is 1. The third-order valence-electron chi connectivity index (χ3n) is 3.55. The second-order valence-corrected chi connectivity index (χ2v) is 5.69. The molecule has 18 heavy (non-hydrogen) atoms. The van der Waals surface area contributed by atoms with Crippen LogP contribution < -0.4 is 23.6 Å². The van der Waals surface area contributed by atoms with Gasteiger partial charge in [-0.15, -0.1) is 10.2 Å². The number of hydrogen-bond donors (Lipinski definition) is 1. The lowest BCUT2D eigenvalue weighted by Gasteiger charge is -2.21. The van der Waals surface area contributed by atoms with E-state index in [4.69, 9.17) is 18.6 Å². The molecule has 0 aromatic rings. The highest BCUT2D eigenvalue weighted by Gasteiger charge is 2.27. The van der Waals surface area contributed by atoms with Crippen molar-refractivity contribution < 1.29 is 33.9 Å². The van der Waals surface area contributed by atoms with Crippen LogP contribution in [0.2, 0.25) is 0 Å². The first kappa shape index (κ1) is 15.8. The molecule has 1 aliphatic carbocycles. The summed E-state index contributed by atoms with van der Waals surface area (Å²) in [5.74, 6) is 0.911. The summed E-state index contributed by atoms with van der Waals surface area (Å²) in [6.45, 7) is 1.19. The molecular weight excluding hydrogens is 260 g/mol. The van der Waals surface area contributed by atoms with Crippen LogP contribution >= 0.6 is 0 Å². The van der Waals surface area contributed by atoms with Crippen molar-refractivity contribution in [2.45, 2.75) is 32.1 Å². The fourth-order valence-corrected chi connectivity index (χ4v) is 2.54. The fraction of sp³-hybridized carbons (Fsp3) is 0.818. The van der Waals surface area contributed by atoms with Crippen LogP contribution in [0, 0.1) is 16.2 Å². The van der Waals surface area contributed by atoms with Gasteiger partial charge in [0.2, 0.25) is 0 Å². The second kappa shape index (κ2) is 6.81. The lowest BCUT2D eigenvalue weighted by Crippen LogP contribution is -3.09. The summed E-state index contributed by atoms with van der Waals surface area (Å²) in [6.07, 6.45) is 9.65. The van der Waals surface area contributed by atoms with Gasteiger partial charge in [-0.05, 0) is 18.8 Å². The van der Waals surface area contributed by atoms with Crippen LogP contribution in [0.1, 0.15) is 32.1 Å². The Morgan fingerprint density at radius 1 is 1.17 bits per heavy atom. The van der Waals surface area contributed by atoms with Gasteiger partial charge in [0.25, 0.3) is 0 Å². The van der Waals surface area contributed by atoms with Crippen molar-refractivity contribution in [2.24, 2.45) is 5.92 Å². The van der Waals surface area contributed by atoms with Gasteiger partial charge in [0.05, 0.1) is 13.6 Å². The maximum atomic E-state index is 8.49. The highest BCUT2D eigenvalue weighted by molar-refractivity contribution is 5.07. The molecule has 1 heterocycles. The number of halogens is 1. The van der Waals surface area contributed by atoms with Gasteiger partial charge in [-0.3, -0.25) is 0 Å². The molecule has 0 bridgehead atoms. The molecular formula is C11H21ClN2O4. The van der Waals surface area contributed by atoms with E-state index >= 15 is 0 Å². The van der Waals surface area contributed by atoms with Gasteiger partial charge in [0, 0.05) is 12.6 Å². The minimum absolute atomic E-state index is 0.911. The highest BCUT2D eigenvalue weighted by Crippen LogP contribution is 2.29. The van der Waals surface area contributed by atoms with Gasteiger partial charge in [-0.2, -0.15) is 5.01 Å². The first-order valence-corrected chi connectivity index (χ1v) is 7.37. The molecule has 0 spiro atoms. The van der Waals surface area contributed by atoms with Crippen molar-refractivity contribution >= 4 is 0 Å². The molecule has 1 unspecified atom stereocenters. The van der Waals surface area contributed by atoms with Crippen LogP contribution in [0.25, 0.3) is 0 Å². The molecule has 1 N–H and O–H groups in total. The second-order valence-electron chi connectivity index (χ2n) is 4.93. The molecule has 1 fully saturated rings. The molecule has 1 saturated carbocycles. The smallest absolute Gasteiger partial charge is 0.114 e. The summed E-state index contributed by atoms with van der Waals surface area (Å²) in [4.78, 5) is 0. The minimum Gasteiger partial charge on any atom is -0.231 e. The summed E-state index contributed by atoms with van der Waals surface area (Å²) in [5.41, 5.74) is 1.69. The van der Waals surface area contributed by atoms with Gasteiger partial charge in [-0.1, -0.05) is 19.3 Å². The zero-order chi connectivity index (χ0) is 13.8. The summed E-state index contributed by atoms with van der Waals surface area (Å²) in [7, 11) is -0.530. The molecule has 0 amide bonds. The molecule has 7 heteroatoms. The van der Waals surface area contributed by atoms with E-state index in [1.54, 1.807) is 5.57 Å². The quantitative estimate of drug-likeness (QED) is 0.529. The topological polar surface area (TPSA) is 99.9 Å². The maximum absolute atomic E-state index is 8.49. The van der Waals surface area contributed by atoms with E-state index in [9.17, 15) is 0 Å². The molecule has 2 aliphatic rings. The van der Waals surface area contributed by atoms with Crippen LogP contribution in [-0.2, 0) is 0 Å². The molecule has 2 rings (SSSR count). The average molecular weight is 281 g/mol. The van der Waals surface area contributed by atoms with Crippen LogP contribution in [0.5, 0.6) is 0 Å². The van der Waals surface area contributed by atoms with Gasteiger partial charge in [0.15, 0.2) is 0 Å². The summed E-state index contributed by atoms with van der Waals surface area (Å²) >= 11 is 0. The lowest BCUT2D eigenvalue weighted by molar-refractivity contribution is -2.00. The SMILES string of the molecule is CN1CC(C2CCCCC2)=C[NH+]1C.[O-][Cl+3]([O-])([O-])[O-]. The van der Waals surface area contributed by atoms with E-state index in [0.717, 1.165) is 5.92 Å². The summed E-state index contributed by atoms with van der Waals surface area (Å²) in [5, 5.41) is 3.81. The van der Waals surface area contributed by atoms with Gasteiger partial charge >= 0.3 is 0 Å². The third kappa shape index (κ3) is 6.10. The molecule has 0 aromatic carbocycles. The predicted octanol–water partition coefficient (Wildman–Crippen LogP) is -3.93. The first-order chi connectivity index (χ1) is 8.27. The standard InChI is InChI=1S/C11H20N2.ClHO4/c1-12-8-11(9-13(12)2)10-6-4-3-5-7-10;2-1(3,4)5/h8,10H,3-7,9H2,1-2H3;(H,2,3,4,5). The zero-order valence-electron chi connectivity index (χ0n) is 10.9. The Kier molecular flexibility index (Phi) is 6.00. The van der Waals surface area contributed by atoms with E-state index in [0.29, 0.717) is 0 Å². The minimum atomic E-state index is -4.94.